The molecule has 0 spiro atoms. The number of benzene rings is 2. The second-order valence-electron chi connectivity index (χ2n) is 7.76. The van der Waals surface area contributed by atoms with Crippen LogP contribution in [-0.4, -0.2) is 29.1 Å². The van der Waals surface area contributed by atoms with Crippen molar-refractivity contribution in [1.29, 1.82) is 0 Å². The van der Waals surface area contributed by atoms with E-state index in [1.54, 1.807) is 24.4 Å². The molecule has 0 saturated carbocycles. The standard InChI is InChI=1S/C24H23ClF2N2O/c1-16(30-24-10-8-19(25)12-28-24)20-14-29(13-17-5-3-2-4-6-17)15-21(20)18-7-9-22(26)23(27)11-18/h2-12,16,20-21H,13-15H2,1H3/t16-,20?,21?/m0/s1. The molecule has 156 valence electrons. The minimum atomic E-state index is -0.830. The van der Waals surface area contributed by atoms with E-state index in [1.165, 1.54) is 17.7 Å². The zero-order valence-electron chi connectivity index (χ0n) is 16.6. The minimum Gasteiger partial charge on any atom is -0.474 e. The molecule has 2 heterocycles. The highest BCUT2D eigenvalue weighted by atomic mass is 35.5. The average Bonchev–Trinajstić information content (AvgIpc) is 3.16. The first-order valence-corrected chi connectivity index (χ1v) is 10.4. The Morgan fingerprint density at radius 2 is 1.87 bits per heavy atom. The number of aromatic nitrogens is 1. The van der Waals surface area contributed by atoms with Crippen molar-refractivity contribution >= 4 is 11.6 Å². The predicted molar refractivity (Wildman–Crippen MR) is 114 cm³/mol. The van der Waals surface area contributed by atoms with Crippen LogP contribution in [0.5, 0.6) is 5.88 Å². The van der Waals surface area contributed by atoms with Crippen molar-refractivity contribution in [3.63, 3.8) is 0 Å². The lowest BCUT2D eigenvalue weighted by Gasteiger charge is -2.26. The van der Waals surface area contributed by atoms with Gasteiger partial charge < -0.3 is 4.74 Å². The summed E-state index contributed by atoms with van der Waals surface area (Å²) < 4.78 is 33.5. The maximum atomic E-state index is 13.9. The fourth-order valence-electron chi connectivity index (χ4n) is 4.17. The van der Waals surface area contributed by atoms with Crippen LogP contribution in [0.3, 0.4) is 0 Å². The average molecular weight is 429 g/mol. The number of likely N-dealkylation sites (tertiary alicyclic amines) is 1. The van der Waals surface area contributed by atoms with Gasteiger partial charge in [0.2, 0.25) is 5.88 Å². The predicted octanol–water partition coefficient (Wildman–Crippen LogP) is 5.70. The molecular formula is C24H23ClF2N2O. The van der Waals surface area contributed by atoms with Gasteiger partial charge in [-0.15, -0.1) is 0 Å². The Morgan fingerprint density at radius 1 is 1.07 bits per heavy atom. The normalized spacial score (nSPS) is 20.3. The zero-order valence-corrected chi connectivity index (χ0v) is 17.4. The van der Waals surface area contributed by atoms with Crippen LogP contribution in [0.2, 0.25) is 5.02 Å². The molecule has 4 rings (SSSR count). The van der Waals surface area contributed by atoms with E-state index < -0.39 is 11.6 Å². The lowest BCUT2D eigenvalue weighted by Crippen LogP contribution is -2.30. The summed E-state index contributed by atoms with van der Waals surface area (Å²) in [5, 5.41) is 0.546. The highest BCUT2D eigenvalue weighted by Gasteiger charge is 2.38. The zero-order chi connectivity index (χ0) is 21.1. The molecule has 0 bridgehead atoms. The fourth-order valence-corrected chi connectivity index (χ4v) is 4.28. The molecule has 1 fully saturated rings. The monoisotopic (exact) mass is 428 g/mol. The Hall–Kier alpha value is -2.50. The summed E-state index contributed by atoms with van der Waals surface area (Å²) in [6.45, 7) is 4.32. The molecule has 6 heteroatoms. The van der Waals surface area contributed by atoms with Gasteiger partial charge in [0.05, 0.1) is 5.02 Å². The van der Waals surface area contributed by atoms with Gasteiger partial charge >= 0.3 is 0 Å². The molecule has 1 aromatic heterocycles. The van der Waals surface area contributed by atoms with Gasteiger partial charge in [0.1, 0.15) is 6.10 Å². The highest BCUT2D eigenvalue weighted by Crippen LogP contribution is 2.37. The lowest BCUT2D eigenvalue weighted by atomic mass is 9.85. The van der Waals surface area contributed by atoms with E-state index in [0.29, 0.717) is 10.9 Å². The molecule has 1 aliphatic rings. The highest BCUT2D eigenvalue weighted by molar-refractivity contribution is 6.30. The molecule has 0 amide bonds. The van der Waals surface area contributed by atoms with Crippen LogP contribution < -0.4 is 4.74 Å². The molecule has 3 atom stereocenters. The van der Waals surface area contributed by atoms with Crippen molar-refractivity contribution in [1.82, 2.24) is 9.88 Å². The summed E-state index contributed by atoms with van der Waals surface area (Å²) in [6, 6.07) is 17.9. The number of nitrogens with zero attached hydrogens (tertiary/aromatic N) is 2. The van der Waals surface area contributed by atoms with Crippen molar-refractivity contribution in [2.75, 3.05) is 13.1 Å². The quantitative estimate of drug-likeness (QED) is 0.503. The summed E-state index contributed by atoms with van der Waals surface area (Å²) in [7, 11) is 0. The third-order valence-electron chi connectivity index (χ3n) is 5.67. The van der Waals surface area contributed by atoms with E-state index in [0.717, 1.165) is 25.2 Å². The third-order valence-corrected chi connectivity index (χ3v) is 5.89. The first-order chi connectivity index (χ1) is 14.5. The largest absolute Gasteiger partial charge is 0.474 e. The van der Waals surface area contributed by atoms with Gasteiger partial charge in [0, 0.05) is 43.7 Å². The van der Waals surface area contributed by atoms with Crippen molar-refractivity contribution in [3.05, 3.63) is 94.6 Å². The van der Waals surface area contributed by atoms with E-state index in [-0.39, 0.29) is 17.9 Å². The number of ether oxygens (including phenoxy) is 1. The first-order valence-electron chi connectivity index (χ1n) is 9.99. The Labute approximate surface area is 180 Å². The van der Waals surface area contributed by atoms with Gasteiger partial charge in [-0.05, 0) is 36.2 Å². The van der Waals surface area contributed by atoms with Crippen molar-refractivity contribution in [3.8, 4) is 5.88 Å². The Kier molecular flexibility index (Phi) is 6.30. The van der Waals surface area contributed by atoms with E-state index in [2.05, 4.69) is 22.0 Å². The Morgan fingerprint density at radius 3 is 2.57 bits per heavy atom. The van der Waals surface area contributed by atoms with Crippen LogP contribution in [0, 0.1) is 17.6 Å². The van der Waals surface area contributed by atoms with Gasteiger partial charge in [-0.1, -0.05) is 48.0 Å². The SMILES string of the molecule is C[C@H](Oc1ccc(Cl)cn1)C1CN(Cc2ccccc2)CC1c1ccc(F)c(F)c1. The summed E-state index contributed by atoms with van der Waals surface area (Å²) >= 11 is 5.91. The molecule has 3 aromatic rings. The molecule has 0 N–H and O–H groups in total. The summed E-state index contributed by atoms with van der Waals surface area (Å²) in [6.07, 6.45) is 1.38. The second kappa shape index (κ2) is 9.11. The van der Waals surface area contributed by atoms with Crippen LogP contribution in [-0.2, 0) is 6.54 Å². The minimum absolute atomic E-state index is 0.0195. The smallest absolute Gasteiger partial charge is 0.213 e. The van der Waals surface area contributed by atoms with Crippen molar-refractivity contribution < 1.29 is 13.5 Å². The maximum Gasteiger partial charge on any atom is 0.213 e. The first kappa shape index (κ1) is 20.8. The lowest BCUT2D eigenvalue weighted by molar-refractivity contribution is 0.138. The summed E-state index contributed by atoms with van der Waals surface area (Å²) in [5.41, 5.74) is 2.00. The van der Waals surface area contributed by atoms with Crippen LogP contribution in [0.25, 0.3) is 0 Å². The van der Waals surface area contributed by atoms with Gasteiger partial charge in [0.25, 0.3) is 0 Å². The second-order valence-corrected chi connectivity index (χ2v) is 8.20. The van der Waals surface area contributed by atoms with Crippen LogP contribution >= 0.6 is 11.6 Å². The van der Waals surface area contributed by atoms with Crippen LogP contribution in [0.4, 0.5) is 8.78 Å². The van der Waals surface area contributed by atoms with E-state index in [9.17, 15) is 8.78 Å². The number of rotatable bonds is 6. The van der Waals surface area contributed by atoms with Crippen molar-refractivity contribution in [2.24, 2.45) is 5.92 Å². The third kappa shape index (κ3) is 4.79. The number of pyridine rings is 1. The van der Waals surface area contributed by atoms with Crippen LogP contribution in [0.1, 0.15) is 24.0 Å². The molecule has 0 radical (unpaired) electrons. The number of halogens is 3. The molecule has 1 aliphatic heterocycles. The summed E-state index contributed by atoms with van der Waals surface area (Å²) in [5.74, 6) is -1.04. The molecule has 2 unspecified atom stereocenters. The van der Waals surface area contributed by atoms with Crippen molar-refractivity contribution in [2.45, 2.75) is 25.5 Å². The Balaban J connectivity index is 1.56. The van der Waals surface area contributed by atoms with Gasteiger partial charge in [-0.3, -0.25) is 4.90 Å². The van der Waals surface area contributed by atoms with E-state index in [1.807, 2.05) is 25.1 Å². The summed E-state index contributed by atoms with van der Waals surface area (Å²) in [4.78, 5) is 6.56. The Bertz CT molecular complexity index is 984. The van der Waals surface area contributed by atoms with Gasteiger partial charge in [0.15, 0.2) is 11.6 Å². The molecule has 30 heavy (non-hydrogen) atoms. The number of hydrogen-bond donors (Lipinski definition) is 0. The van der Waals surface area contributed by atoms with E-state index in [4.69, 9.17) is 16.3 Å². The topological polar surface area (TPSA) is 25.4 Å². The van der Waals surface area contributed by atoms with Gasteiger partial charge in [-0.2, -0.15) is 0 Å². The molecule has 1 saturated heterocycles. The van der Waals surface area contributed by atoms with Crippen LogP contribution in [0.15, 0.2) is 66.9 Å². The molecular weight excluding hydrogens is 406 g/mol. The fraction of sp³-hybridized carbons (Fsp3) is 0.292. The number of hydrogen-bond acceptors (Lipinski definition) is 3. The van der Waals surface area contributed by atoms with Gasteiger partial charge in [-0.25, -0.2) is 13.8 Å². The molecule has 2 aromatic carbocycles. The molecule has 0 aliphatic carbocycles. The van der Waals surface area contributed by atoms with E-state index >= 15 is 0 Å². The molecule has 3 nitrogen and oxygen atoms in total. The maximum absolute atomic E-state index is 13.9.